The first-order valence-electron chi connectivity index (χ1n) is 12.0. The second-order valence-corrected chi connectivity index (χ2v) is 8.93. The lowest BCUT2D eigenvalue weighted by molar-refractivity contribution is -0.117. The Kier molecular flexibility index (Phi) is 6.70. The topological polar surface area (TPSA) is 85.8 Å². The summed E-state index contributed by atoms with van der Waals surface area (Å²) in [6.45, 7) is 0.549. The Morgan fingerprint density at radius 2 is 1.77 bits per heavy atom. The van der Waals surface area contributed by atoms with Crippen LogP contribution in [0.1, 0.15) is 43.6 Å². The van der Waals surface area contributed by atoms with Crippen LogP contribution in [0.5, 0.6) is 17.2 Å². The number of nitrogens with one attached hydrogen (secondary N) is 1. The number of nitrogens with zero attached hydrogens (tertiary/aromatic N) is 3. The van der Waals surface area contributed by atoms with Crippen molar-refractivity contribution in [3.63, 3.8) is 0 Å². The molecular weight excluding hydrogens is 444 g/mol. The fourth-order valence-corrected chi connectivity index (χ4v) is 4.74. The Bertz CT molecular complexity index is 1180. The minimum Gasteiger partial charge on any atom is -0.497 e. The molecule has 2 heterocycles. The Hall–Kier alpha value is -3.81. The molecular formula is C27H30N4O4. The second kappa shape index (κ2) is 10.2. The third-order valence-electron chi connectivity index (χ3n) is 6.64. The van der Waals surface area contributed by atoms with Gasteiger partial charge in [-0.15, -0.1) is 0 Å². The Labute approximate surface area is 205 Å². The van der Waals surface area contributed by atoms with Gasteiger partial charge >= 0.3 is 0 Å². The normalized spacial score (nSPS) is 18.1. The fourth-order valence-electron chi connectivity index (χ4n) is 4.74. The van der Waals surface area contributed by atoms with E-state index in [9.17, 15) is 4.79 Å². The molecule has 0 radical (unpaired) electrons. The van der Waals surface area contributed by atoms with Crippen molar-refractivity contribution in [1.29, 1.82) is 0 Å². The SMILES string of the molecule is COc1ccc(Nc2nccc(N3C[C@@H](c4ccc(OC)c(OC5CCCC5)c4)CC3=O)n2)cc1. The van der Waals surface area contributed by atoms with Gasteiger partial charge in [-0.2, -0.15) is 4.98 Å². The molecule has 0 unspecified atom stereocenters. The van der Waals surface area contributed by atoms with E-state index in [2.05, 4.69) is 15.3 Å². The van der Waals surface area contributed by atoms with E-state index in [0.717, 1.165) is 41.3 Å². The van der Waals surface area contributed by atoms with Crippen LogP contribution in [0.15, 0.2) is 54.7 Å². The molecule has 1 aliphatic heterocycles. The molecule has 1 aromatic heterocycles. The minimum absolute atomic E-state index is 0.0400. The summed E-state index contributed by atoms with van der Waals surface area (Å²) in [7, 11) is 3.29. The average Bonchev–Trinajstić information content (AvgIpc) is 3.54. The van der Waals surface area contributed by atoms with Crippen molar-refractivity contribution >= 4 is 23.4 Å². The predicted octanol–water partition coefficient (Wildman–Crippen LogP) is 5.08. The lowest BCUT2D eigenvalue weighted by Crippen LogP contribution is -2.25. The van der Waals surface area contributed by atoms with Crippen LogP contribution in [-0.2, 0) is 4.79 Å². The number of aromatic nitrogens is 2. The number of carbonyl (C=O) groups excluding carboxylic acids is 1. The molecule has 0 spiro atoms. The molecule has 2 aromatic carbocycles. The van der Waals surface area contributed by atoms with Crippen molar-refractivity contribution < 1.29 is 19.0 Å². The number of hydrogen-bond acceptors (Lipinski definition) is 7. The van der Waals surface area contributed by atoms with Crippen LogP contribution in [0.2, 0.25) is 0 Å². The minimum atomic E-state index is 0.0400. The average molecular weight is 475 g/mol. The molecule has 1 atom stereocenters. The summed E-state index contributed by atoms with van der Waals surface area (Å²) in [6, 6.07) is 15.3. The maximum absolute atomic E-state index is 13.0. The first kappa shape index (κ1) is 23.0. The van der Waals surface area contributed by atoms with E-state index < -0.39 is 0 Å². The summed E-state index contributed by atoms with van der Waals surface area (Å²) < 4.78 is 17.0. The molecule has 1 aliphatic carbocycles. The molecule has 35 heavy (non-hydrogen) atoms. The van der Waals surface area contributed by atoms with Gasteiger partial charge in [-0.1, -0.05) is 6.07 Å². The Morgan fingerprint density at radius 3 is 2.51 bits per heavy atom. The molecule has 1 amide bonds. The number of ether oxygens (including phenoxy) is 3. The van der Waals surface area contributed by atoms with E-state index in [1.54, 1.807) is 31.4 Å². The molecule has 2 aliphatic rings. The third-order valence-corrected chi connectivity index (χ3v) is 6.64. The van der Waals surface area contributed by atoms with Crippen LogP contribution in [0, 0.1) is 0 Å². The summed E-state index contributed by atoms with van der Waals surface area (Å²) in [5, 5.41) is 3.19. The van der Waals surface area contributed by atoms with E-state index in [-0.39, 0.29) is 17.9 Å². The highest BCUT2D eigenvalue weighted by molar-refractivity contribution is 5.95. The Balaban J connectivity index is 1.31. The molecule has 5 rings (SSSR count). The molecule has 3 aromatic rings. The fraction of sp³-hybridized carbons (Fsp3) is 0.370. The Morgan fingerprint density at radius 1 is 0.971 bits per heavy atom. The summed E-state index contributed by atoms with van der Waals surface area (Å²) in [4.78, 5) is 23.6. The number of hydrogen-bond donors (Lipinski definition) is 1. The molecule has 1 saturated heterocycles. The number of amides is 1. The van der Waals surface area contributed by atoms with Crippen molar-refractivity contribution in [2.45, 2.75) is 44.1 Å². The number of benzene rings is 2. The maximum Gasteiger partial charge on any atom is 0.229 e. The third kappa shape index (κ3) is 5.16. The zero-order chi connectivity index (χ0) is 24.2. The monoisotopic (exact) mass is 474 g/mol. The smallest absolute Gasteiger partial charge is 0.229 e. The summed E-state index contributed by atoms with van der Waals surface area (Å²) in [5.74, 6) is 3.36. The van der Waals surface area contributed by atoms with Crippen LogP contribution >= 0.6 is 0 Å². The van der Waals surface area contributed by atoms with E-state index in [0.29, 0.717) is 24.7 Å². The predicted molar refractivity (Wildman–Crippen MR) is 134 cm³/mol. The van der Waals surface area contributed by atoms with Gasteiger partial charge in [0.25, 0.3) is 0 Å². The van der Waals surface area contributed by atoms with Crippen LogP contribution in [-0.4, -0.2) is 42.7 Å². The maximum atomic E-state index is 13.0. The first-order chi connectivity index (χ1) is 17.1. The molecule has 8 nitrogen and oxygen atoms in total. The van der Waals surface area contributed by atoms with E-state index in [4.69, 9.17) is 14.2 Å². The van der Waals surface area contributed by atoms with Crippen molar-refractivity contribution in [3.8, 4) is 17.2 Å². The summed E-state index contributed by atoms with van der Waals surface area (Å²) >= 11 is 0. The van der Waals surface area contributed by atoms with E-state index in [1.165, 1.54) is 12.8 Å². The largest absolute Gasteiger partial charge is 0.497 e. The number of carbonyl (C=O) groups is 1. The van der Waals surface area contributed by atoms with Gasteiger partial charge in [-0.05, 0) is 73.7 Å². The molecule has 1 N–H and O–H groups in total. The molecule has 8 heteroatoms. The van der Waals surface area contributed by atoms with E-state index >= 15 is 0 Å². The standard InChI is InChI=1S/C27H30N4O4/c1-33-21-10-8-20(9-11-21)29-27-28-14-13-25(30-27)31-17-19(16-26(31)32)18-7-12-23(34-2)24(15-18)35-22-5-3-4-6-22/h7-15,19,22H,3-6,16-17H2,1-2H3,(H,28,29,30)/t19-/m0/s1. The number of methoxy groups -OCH3 is 2. The van der Waals surface area contributed by atoms with Gasteiger partial charge in [0.1, 0.15) is 11.6 Å². The molecule has 2 fully saturated rings. The first-order valence-corrected chi connectivity index (χ1v) is 12.0. The van der Waals surface area contributed by atoms with E-state index in [1.807, 2.05) is 42.5 Å². The highest BCUT2D eigenvalue weighted by atomic mass is 16.5. The number of rotatable bonds is 8. The molecule has 1 saturated carbocycles. The van der Waals surface area contributed by atoms with Crippen LogP contribution in [0.4, 0.5) is 17.5 Å². The van der Waals surface area contributed by atoms with Gasteiger partial charge in [0.15, 0.2) is 11.5 Å². The second-order valence-electron chi connectivity index (χ2n) is 8.93. The zero-order valence-corrected chi connectivity index (χ0v) is 20.1. The van der Waals surface area contributed by atoms with Gasteiger partial charge in [0.2, 0.25) is 11.9 Å². The highest BCUT2D eigenvalue weighted by Gasteiger charge is 2.33. The summed E-state index contributed by atoms with van der Waals surface area (Å²) in [5.41, 5.74) is 1.90. The molecule has 182 valence electrons. The quantitative estimate of drug-likeness (QED) is 0.487. The van der Waals surface area contributed by atoms with Crippen LogP contribution in [0.25, 0.3) is 0 Å². The van der Waals surface area contributed by atoms with Crippen LogP contribution < -0.4 is 24.4 Å². The van der Waals surface area contributed by atoms with Crippen molar-refractivity contribution in [1.82, 2.24) is 9.97 Å². The van der Waals surface area contributed by atoms with Crippen molar-refractivity contribution in [3.05, 3.63) is 60.3 Å². The zero-order valence-electron chi connectivity index (χ0n) is 20.1. The lowest BCUT2D eigenvalue weighted by Gasteiger charge is -2.19. The van der Waals surface area contributed by atoms with Gasteiger partial charge in [0.05, 0.1) is 20.3 Å². The van der Waals surface area contributed by atoms with Gasteiger partial charge in [0, 0.05) is 30.8 Å². The highest BCUT2D eigenvalue weighted by Crippen LogP contribution is 2.38. The molecule has 0 bridgehead atoms. The number of anilines is 3. The summed E-state index contributed by atoms with van der Waals surface area (Å²) in [6.07, 6.45) is 6.86. The van der Waals surface area contributed by atoms with Crippen molar-refractivity contribution in [2.75, 3.05) is 31.0 Å². The van der Waals surface area contributed by atoms with Gasteiger partial charge < -0.3 is 19.5 Å². The lowest BCUT2D eigenvalue weighted by atomic mass is 9.98. The van der Waals surface area contributed by atoms with Gasteiger partial charge in [-0.25, -0.2) is 4.98 Å². The van der Waals surface area contributed by atoms with Gasteiger partial charge in [-0.3, -0.25) is 9.69 Å². The van der Waals surface area contributed by atoms with Crippen molar-refractivity contribution in [2.24, 2.45) is 0 Å². The van der Waals surface area contributed by atoms with Crippen LogP contribution in [0.3, 0.4) is 0 Å².